The van der Waals surface area contributed by atoms with E-state index in [0.29, 0.717) is 19.1 Å². The van der Waals surface area contributed by atoms with E-state index in [1.54, 1.807) is 10.9 Å². The normalized spacial score (nSPS) is 21.2. The largest absolute Gasteiger partial charge is 0.486 e. The van der Waals surface area contributed by atoms with Gasteiger partial charge in [0.05, 0.1) is 18.1 Å². The molecule has 5 rings (SSSR count). The van der Waals surface area contributed by atoms with Crippen LogP contribution in [0, 0.1) is 11.6 Å². The number of hydrogen-bond acceptors (Lipinski definition) is 7. The maximum absolute atomic E-state index is 15.3. The monoisotopic (exact) mass is 569 g/mol. The predicted octanol–water partition coefficient (Wildman–Crippen LogP) is 4.98. The number of aromatic nitrogens is 4. The Morgan fingerprint density at radius 3 is 2.60 bits per heavy atom. The van der Waals surface area contributed by atoms with Gasteiger partial charge in [-0.3, -0.25) is 9.40 Å². The molecule has 0 radical (unpaired) electrons. The van der Waals surface area contributed by atoms with Crippen molar-refractivity contribution in [3.63, 3.8) is 0 Å². The van der Waals surface area contributed by atoms with Crippen molar-refractivity contribution in [3.8, 4) is 5.75 Å². The van der Waals surface area contributed by atoms with E-state index < -0.39 is 38.3 Å². The number of rotatable bonds is 9. The number of halogens is 2. The Balaban J connectivity index is 1.43. The van der Waals surface area contributed by atoms with E-state index in [1.807, 2.05) is 50.4 Å². The van der Waals surface area contributed by atoms with Crippen molar-refractivity contribution >= 4 is 15.8 Å². The van der Waals surface area contributed by atoms with Crippen LogP contribution < -0.4 is 9.46 Å². The lowest BCUT2D eigenvalue weighted by molar-refractivity contribution is -0.111. The zero-order chi connectivity index (χ0) is 28.3. The molecule has 2 aromatic heterocycles. The first-order chi connectivity index (χ1) is 19.2. The summed E-state index contributed by atoms with van der Waals surface area (Å²) in [5.41, 5.74) is 1.14. The van der Waals surface area contributed by atoms with Crippen molar-refractivity contribution < 1.29 is 26.7 Å². The lowest BCUT2D eigenvalue weighted by Crippen LogP contribution is -2.48. The van der Waals surface area contributed by atoms with E-state index in [2.05, 4.69) is 19.8 Å². The van der Waals surface area contributed by atoms with Gasteiger partial charge in [-0.15, -0.1) is 0 Å². The molecule has 40 heavy (non-hydrogen) atoms. The molecular weight excluding hydrogens is 540 g/mol. The molecule has 12 heteroatoms. The van der Waals surface area contributed by atoms with Crippen molar-refractivity contribution in [3.05, 3.63) is 96.2 Å². The van der Waals surface area contributed by atoms with Gasteiger partial charge in [0.2, 0.25) is 0 Å². The second kappa shape index (κ2) is 11.3. The van der Waals surface area contributed by atoms with Gasteiger partial charge >= 0.3 is 0 Å². The van der Waals surface area contributed by atoms with Gasteiger partial charge in [-0.25, -0.2) is 27.2 Å². The number of benzene rings is 2. The molecule has 0 spiro atoms. The van der Waals surface area contributed by atoms with Crippen molar-refractivity contribution in [1.29, 1.82) is 0 Å². The number of hydrogen-bond donors (Lipinski definition) is 1. The maximum atomic E-state index is 15.3. The Kier molecular flexibility index (Phi) is 7.81. The molecule has 1 saturated carbocycles. The molecule has 0 amide bonds. The number of sulfonamides is 1. The third kappa shape index (κ3) is 5.82. The first kappa shape index (κ1) is 27.7. The van der Waals surface area contributed by atoms with Gasteiger partial charge in [0.1, 0.15) is 29.0 Å². The Hall–Kier alpha value is -3.90. The summed E-state index contributed by atoms with van der Waals surface area (Å²) in [6, 6.07) is 14.3. The molecule has 0 unspecified atom stereocenters. The summed E-state index contributed by atoms with van der Waals surface area (Å²) >= 11 is 0. The Bertz CT molecular complexity index is 1570. The Morgan fingerprint density at radius 2 is 1.90 bits per heavy atom. The van der Waals surface area contributed by atoms with Crippen LogP contribution in [0.3, 0.4) is 0 Å². The van der Waals surface area contributed by atoms with E-state index in [4.69, 9.17) is 9.47 Å². The number of aryl methyl sites for hydroxylation is 1. The second-order valence-corrected chi connectivity index (χ2v) is 11.6. The van der Waals surface area contributed by atoms with Crippen LogP contribution in [0.5, 0.6) is 5.75 Å². The van der Waals surface area contributed by atoms with Crippen LogP contribution in [0.1, 0.15) is 43.4 Å². The van der Waals surface area contributed by atoms with Crippen LogP contribution in [-0.4, -0.2) is 39.9 Å². The molecule has 1 N–H and O–H groups in total. The minimum atomic E-state index is -4.46. The van der Waals surface area contributed by atoms with E-state index >= 15 is 8.78 Å². The molecule has 1 aliphatic rings. The average Bonchev–Trinajstić information content (AvgIpc) is 3.35. The van der Waals surface area contributed by atoms with Gasteiger partial charge in [0, 0.05) is 37.3 Å². The Labute approximate surface area is 231 Å². The summed E-state index contributed by atoms with van der Waals surface area (Å²) < 4.78 is 72.4. The molecule has 9 nitrogen and oxygen atoms in total. The molecule has 210 valence electrons. The molecule has 3 atom stereocenters. The highest BCUT2D eigenvalue weighted by molar-refractivity contribution is 7.92. The summed E-state index contributed by atoms with van der Waals surface area (Å²) in [4.78, 5) is 6.60. The zero-order valence-electron chi connectivity index (χ0n) is 22.0. The fourth-order valence-electron chi connectivity index (χ4n) is 5.19. The summed E-state index contributed by atoms with van der Waals surface area (Å²) in [6.45, 7) is 2.36. The van der Waals surface area contributed by atoms with E-state index in [-0.39, 0.29) is 17.5 Å². The van der Waals surface area contributed by atoms with Crippen LogP contribution in [0.2, 0.25) is 0 Å². The topological polar surface area (TPSA) is 108 Å². The van der Waals surface area contributed by atoms with E-state index in [0.717, 1.165) is 36.5 Å². The van der Waals surface area contributed by atoms with E-state index in [1.165, 1.54) is 12.3 Å². The fraction of sp³-hybridized carbons (Fsp3) is 0.321. The first-order valence-electron chi connectivity index (χ1n) is 12.8. The second-order valence-electron chi connectivity index (χ2n) is 9.91. The number of nitrogens with one attached hydrogen (secondary N) is 1. The number of nitrogens with zero attached hydrogens (tertiary/aromatic N) is 4. The zero-order valence-corrected chi connectivity index (χ0v) is 22.8. The lowest BCUT2D eigenvalue weighted by atomic mass is 9.72. The van der Waals surface area contributed by atoms with Crippen molar-refractivity contribution in [1.82, 2.24) is 19.7 Å². The summed E-state index contributed by atoms with van der Waals surface area (Å²) in [7, 11) is -2.65. The molecule has 2 aromatic carbocycles. The van der Waals surface area contributed by atoms with Gasteiger partial charge in [-0.2, -0.15) is 5.10 Å². The SMILES string of the molecule is Cn1nccc1[C@@H]1[C@@H](Oc2cc(F)c(S(=O)(=O)Nc3ccncn3)cc2F)CCC[C@]1(C)OCc1ccccc1. The number of anilines is 1. The van der Waals surface area contributed by atoms with Crippen LogP contribution >= 0.6 is 0 Å². The molecule has 1 aliphatic carbocycles. The molecule has 0 bridgehead atoms. The maximum Gasteiger partial charge on any atom is 0.266 e. The van der Waals surface area contributed by atoms with Gasteiger partial charge < -0.3 is 9.47 Å². The van der Waals surface area contributed by atoms with E-state index in [9.17, 15) is 8.42 Å². The first-order valence-corrected chi connectivity index (χ1v) is 14.2. The smallest absolute Gasteiger partial charge is 0.266 e. The van der Waals surface area contributed by atoms with Crippen molar-refractivity contribution in [2.75, 3.05) is 4.72 Å². The summed E-state index contributed by atoms with van der Waals surface area (Å²) in [5, 5.41) is 4.31. The highest BCUT2D eigenvalue weighted by atomic mass is 32.2. The van der Waals surface area contributed by atoms with Gasteiger partial charge in [-0.05, 0) is 43.9 Å². The van der Waals surface area contributed by atoms with Crippen molar-refractivity contribution in [2.45, 2.75) is 55.3 Å². The third-order valence-electron chi connectivity index (χ3n) is 7.16. The summed E-state index contributed by atoms with van der Waals surface area (Å²) in [6.07, 6.45) is 5.52. The highest BCUT2D eigenvalue weighted by Crippen LogP contribution is 2.45. The minimum Gasteiger partial charge on any atom is -0.486 e. The molecule has 0 saturated heterocycles. The molecular formula is C28H29F2N5O4S. The van der Waals surface area contributed by atoms with Crippen LogP contribution in [0.25, 0.3) is 0 Å². The Morgan fingerprint density at radius 1 is 1.10 bits per heavy atom. The van der Waals surface area contributed by atoms with Crippen molar-refractivity contribution in [2.24, 2.45) is 7.05 Å². The van der Waals surface area contributed by atoms with Crippen LogP contribution in [0.4, 0.5) is 14.6 Å². The predicted molar refractivity (Wildman–Crippen MR) is 143 cm³/mol. The lowest BCUT2D eigenvalue weighted by Gasteiger charge is -2.45. The summed E-state index contributed by atoms with van der Waals surface area (Å²) in [5.74, 6) is -3.00. The number of ether oxygens (including phenoxy) is 2. The minimum absolute atomic E-state index is 0.0776. The van der Waals surface area contributed by atoms with Crippen LogP contribution in [0.15, 0.2) is 78.2 Å². The molecule has 4 aromatic rings. The standard InChI is InChI=1S/C28H29F2N5O4S/c1-28(38-17-19-7-4-3-5-8-19)12-6-9-23(27(28)22-10-14-33-35(22)2)39-24-15-21(30)25(16-20(24)29)40(36,37)34-26-11-13-31-18-32-26/h3-5,7-8,10-11,13-16,18,23,27H,6,9,12,17H2,1-2H3,(H,31,32,34)/t23-,27+,28-/m0/s1. The van der Waals surface area contributed by atoms with Gasteiger partial charge in [-0.1, -0.05) is 30.3 Å². The molecule has 0 aliphatic heterocycles. The average molecular weight is 570 g/mol. The fourth-order valence-corrected chi connectivity index (χ4v) is 6.27. The van der Waals surface area contributed by atoms with Gasteiger partial charge in [0.15, 0.2) is 11.6 Å². The quantitative estimate of drug-likeness (QED) is 0.303. The molecule has 2 heterocycles. The van der Waals surface area contributed by atoms with Gasteiger partial charge in [0.25, 0.3) is 10.0 Å². The third-order valence-corrected chi connectivity index (χ3v) is 8.53. The highest BCUT2D eigenvalue weighted by Gasteiger charge is 2.47. The molecule has 1 fully saturated rings. The van der Waals surface area contributed by atoms with Crippen LogP contribution in [-0.2, 0) is 28.4 Å².